The molecule has 0 spiro atoms. The molecule has 1 aromatic carbocycles. The Morgan fingerprint density at radius 2 is 1.86 bits per heavy atom. The van der Waals surface area contributed by atoms with Crippen LogP contribution in [0.2, 0.25) is 0 Å². The summed E-state index contributed by atoms with van der Waals surface area (Å²) in [4.78, 5) is 24.8. The predicted octanol–water partition coefficient (Wildman–Crippen LogP) is 1.47. The summed E-state index contributed by atoms with van der Waals surface area (Å²) in [5.74, 6) is -2.49. The second-order valence-electron chi connectivity index (χ2n) is 4.83. The second kappa shape index (κ2) is 7.37. The van der Waals surface area contributed by atoms with E-state index >= 15 is 0 Å². The topological polar surface area (TPSA) is 112 Å². The quantitative estimate of drug-likeness (QED) is 0.733. The number of carboxylic acid groups (broad SMARTS) is 1. The molecule has 1 atom stereocenters. The van der Waals surface area contributed by atoms with Crippen molar-refractivity contribution in [1.82, 2.24) is 0 Å². The average molecular weight is 329 g/mol. The van der Waals surface area contributed by atoms with E-state index in [1.165, 1.54) is 0 Å². The maximum Gasteiger partial charge on any atom is 0.326 e. The van der Waals surface area contributed by atoms with Gasteiger partial charge in [0.1, 0.15) is 6.04 Å². The van der Waals surface area contributed by atoms with Gasteiger partial charge in [-0.1, -0.05) is 25.1 Å². The molecule has 122 valence electrons. The number of aryl methyl sites for hydroxylation is 1. The van der Waals surface area contributed by atoms with Crippen molar-refractivity contribution in [3.05, 3.63) is 29.8 Å². The molecule has 7 nitrogen and oxygen atoms in total. The zero-order valence-corrected chi connectivity index (χ0v) is 13.2. The third-order valence-electron chi connectivity index (χ3n) is 3.19. The molecule has 0 unspecified atom stereocenters. The number of para-hydroxylation sites is 1. The number of aliphatic carboxylic acids is 1. The Morgan fingerprint density at radius 3 is 2.32 bits per heavy atom. The van der Waals surface area contributed by atoms with Gasteiger partial charge in [0.15, 0.2) is 0 Å². The molecule has 22 heavy (non-hydrogen) atoms. The lowest BCUT2D eigenvalue weighted by atomic mass is 10.1. The number of benzene rings is 1. The molecule has 0 saturated carbocycles. The average Bonchev–Trinajstić information content (AvgIpc) is 2.42. The Labute approximate surface area is 129 Å². The van der Waals surface area contributed by atoms with Crippen LogP contribution in [-0.4, -0.2) is 41.7 Å². The van der Waals surface area contributed by atoms with Crippen LogP contribution in [0, 0.1) is 6.92 Å². The molecule has 0 aliphatic carbocycles. The van der Waals surface area contributed by atoms with Crippen molar-refractivity contribution < 1.29 is 27.7 Å². The number of nitrogens with zero attached hydrogens (tertiary/aromatic N) is 1. The van der Waals surface area contributed by atoms with E-state index in [4.69, 9.17) is 4.55 Å². The van der Waals surface area contributed by atoms with Crippen molar-refractivity contribution in [3.8, 4) is 0 Å². The molecule has 0 radical (unpaired) electrons. The van der Waals surface area contributed by atoms with E-state index in [1.807, 2.05) is 0 Å². The molecule has 0 fully saturated rings. The van der Waals surface area contributed by atoms with E-state index in [-0.39, 0.29) is 6.42 Å². The lowest BCUT2D eigenvalue weighted by molar-refractivity contribution is -0.140. The first-order valence-electron chi connectivity index (χ1n) is 6.73. The summed E-state index contributed by atoms with van der Waals surface area (Å²) in [5, 5.41) is 9.37. The highest BCUT2D eigenvalue weighted by atomic mass is 32.2. The maximum atomic E-state index is 12.2. The Bertz CT molecular complexity index is 655. The van der Waals surface area contributed by atoms with Gasteiger partial charge < -0.3 is 5.11 Å². The molecule has 0 heterocycles. The van der Waals surface area contributed by atoms with Crippen molar-refractivity contribution in [2.24, 2.45) is 0 Å². The highest BCUT2D eigenvalue weighted by Gasteiger charge is 2.31. The van der Waals surface area contributed by atoms with Crippen molar-refractivity contribution in [2.75, 3.05) is 10.7 Å². The van der Waals surface area contributed by atoms with Gasteiger partial charge in [0.05, 0.1) is 5.75 Å². The van der Waals surface area contributed by atoms with Crippen molar-refractivity contribution >= 4 is 27.7 Å². The van der Waals surface area contributed by atoms with E-state index < -0.39 is 40.2 Å². The van der Waals surface area contributed by atoms with Crippen molar-refractivity contribution in [3.63, 3.8) is 0 Å². The van der Waals surface area contributed by atoms with Gasteiger partial charge in [-0.2, -0.15) is 8.42 Å². The van der Waals surface area contributed by atoms with Gasteiger partial charge in [-0.15, -0.1) is 0 Å². The molecule has 1 rings (SSSR count). The monoisotopic (exact) mass is 329 g/mol. The minimum absolute atomic E-state index is 0.0734. The fourth-order valence-electron chi connectivity index (χ4n) is 2.10. The van der Waals surface area contributed by atoms with E-state index in [2.05, 4.69) is 0 Å². The van der Waals surface area contributed by atoms with Gasteiger partial charge >= 0.3 is 5.97 Å². The second-order valence-corrected chi connectivity index (χ2v) is 6.40. The molecule has 1 amide bonds. The van der Waals surface area contributed by atoms with Gasteiger partial charge in [0.25, 0.3) is 10.1 Å². The lowest BCUT2D eigenvalue weighted by Gasteiger charge is -2.30. The van der Waals surface area contributed by atoms with E-state index in [1.54, 1.807) is 38.1 Å². The van der Waals surface area contributed by atoms with Crippen LogP contribution < -0.4 is 4.90 Å². The van der Waals surface area contributed by atoms with Crippen LogP contribution in [0.3, 0.4) is 0 Å². The Kier molecular flexibility index (Phi) is 6.07. The molecule has 0 bridgehead atoms. The number of amides is 1. The molecule has 0 saturated heterocycles. The molecular formula is C14H19NO6S. The summed E-state index contributed by atoms with van der Waals surface area (Å²) in [7, 11) is -4.31. The summed E-state index contributed by atoms with van der Waals surface area (Å²) in [6, 6.07) is 5.39. The fraction of sp³-hybridized carbons (Fsp3) is 0.429. The summed E-state index contributed by atoms with van der Waals surface area (Å²) >= 11 is 0. The number of carboxylic acids is 1. The summed E-state index contributed by atoms with van der Waals surface area (Å²) in [5.41, 5.74) is 1.11. The standard InChI is InChI=1S/C14H19NO6S/c1-3-13(16)15(11-7-5-4-6-10(11)2)12(14(17)18)8-9-22(19,20)21/h4-7,12H,3,8-9H2,1-2H3,(H,17,18)(H,19,20,21)/t12-/m0/s1. The number of anilines is 1. The molecule has 0 aliphatic rings. The molecule has 8 heteroatoms. The normalized spacial score (nSPS) is 12.7. The first-order valence-corrected chi connectivity index (χ1v) is 8.34. The summed E-state index contributed by atoms with van der Waals surface area (Å²) in [6.07, 6.45) is -0.321. The highest BCUT2D eigenvalue weighted by molar-refractivity contribution is 7.85. The number of hydrogen-bond acceptors (Lipinski definition) is 4. The van der Waals surface area contributed by atoms with Crippen LogP contribution in [0.1, 0.15) is 25.3 Å². The zero-order chi connectivity index (χ0) is 16.9. The van der Waals surface area contributed by atoms with Crippen LogP contribution in [0.4, 0.5) is 5.69 Å². The van der Waals surface area contributed by atoms with E-state index in [9.17, 15) is 23.1 Å². The van der Waals surface area contributed by atoms with Gasteiger partial charge in [0, 0.05) is 12.1 Å². The Morgan fingerprint density at radius 1 is 1.27 bits per heavy atom. The number of carbonyl (C=O) groups is 2. The summed E-state index contributed by atoms with van der Waals surface area (Å²) < 4.78 is 30.6. The number of hydrogen-bond donors (Lipinski definition) is 2. The third-order valence-corrected chi connectivity index (χ3v) is 3.94. The van der Waals surface area contributed by atoms with Gasteiger partial charge in [-0.05, 0) is 25.0 Å². The molecule has 2 N–H and O–H groups in total. The molecule has 0 aliphatic heterocycles. The van der Waals surface area contributed by atoms with E-state index in [0.29, 0.717) is 11.3 Å². The zero-order valence-electron chi connectivity index (χ0n) is 12.4. The van der Waals surface area contributed by atoms with Gasteiger partial charge in [0.2, 0.25) is 5.91 Å². The van der Waals surface area contributed by atoms with Crippen LogP contribution in [0.25, 0.3) is 0 Å². The van der Waals surface area contributed by atoms with Crippen LogP contribution in [0.5, 0.6) is 0 Å². The first kappa shape index (κ1) is 18.1. The maximum absolute atomic E-state index is 12.2. The van der Waals surface area contributed by atoms with E-state index in [0.717, 1.165) is 4.90 Å². The Hall–Kier alpha value is -1.93. The highest BCUT2D eigenvalue weighted by Crippen LogP contribution is 2.24. The van der Waals surface area contributed by atoms with Crippen LogP contribution in [-0.2, 0) is 19.7 Å². The van der Waals surface area contributed by atoms with Crippen LogP contribution in [0.15, 0.2) is 24.3 Å². The summed E-state index contributed by atoms with van der Waals surface area (Å²) in [6.45, 7) is 3.32. The van der Waals surface area contributed by atoms with Crippen LogP contribution >= 0.6 is 0 Å². The molecule has 0 aromatic heterocycles. The van der Waals surface area contributed by atoms with Crippen molar-refractivity contribution in [2.45, 2.75) is 32.7 Å². The first-order chi connectivity index (χ1) is 10.2. The fourth-order valence-corrected chi connectivity index (χ4v) is 2.62. The predicted molar refractivity (Wildman–Crippen MR) is 81.4 cm³/mol. The number of carbonyl (C=O) groups excluding carboxylic acids is 1. The number of rotatable bonds is 7. The molecular weight excluding hydrogens is 310 g/mol. The Balaban J connectivity index is 3.25. The van der Waals surface area contributed by atoms with Gasteiger partial charge in [-0.25, -0.2) is 4.79 Å². The largest absolute Gasteiger partial charge is 0.480 e. The van der Waals surface area contributed by atoms with Gasteiger partial charge in [-0.3, -0.25) is 14.2 Å². The molecule has 1 aromatic rings. The smallest absolute Gasteiger partial charge is 0.326 e. The minimum Gasteiger partial charge on any atom is -0.480 e. The lowest BCUT2D eigenvalue weighted by Crippen LogP contribution is -2.46. The third kappa shape index (κ3) is 4.81. The SMILES string of the molecule is CCC(=O)N(c1ccccc1C)[C@@H](CCS(=O)(=O)O)C(=O)O. The minimum atomic E-state index is -4.31. The van der Waals surface area contributed by atoms with Crippen molar-refractivity contribution in [1.29, 1.82) is 0 Å².